The summed E-state index contributed by atoms with van der Waals surface area (Å²) in [6, 6.07) is 4.33. The summed E-state index contributed by atoms with van der Waals surface area (Å²) in [5.74, 6) is 2.31. The molecule has 1 aromatic heterocycles. The van der Waals surface area contributed by atoms with E-state index < -0.39 is 0 Å². The Balaban J connectivity index is 1.83. The molecule has 1 saturated heterocycles. The summed E-state index contributed by atoms with van der Waals surface area (Å²) in [5.41, 5.74) is 3.20. The van der Waals surface area contributed by atoms with Crippen molar-refractivity contribution in [1.29, 1.82) is 0 Å². The van der Waals surface area contributed by atoms with Crippen LogP contribution in [0, 0.1) is 13.8 Å². The zero-order chi connectivity index (χ0) is 16.2. The van der Waals surface area contributed by atoms with Crippen molar-refractivity contribution >= 4 is 0 Å². The van der Waals surface area contributed by atoms with Crippen molar-refractivity contribution in [3.8, 4) is 17.1 Å². The third-order valence-electron chi connectivity index (χ3n) is 4.22. The van der Waals surface area contributed by atoms with E-state index in [1.807, 2.05) is 0 Å². The fourth-order valence-electron chi connectivity index (χ4n) is 3.07. The summed E-state index contributed by atoms with van der Waals surface area (Å²) >= 11 is 0. The van der Waals surface area contributed by atoms with Gasteiger partial charge in [0.25, 0.3) is 0 Å². The van der Waals surface area contributed by atoms with Crippen LogP contribution in [-0.2, 0) is 0 Å². The van der Waals surface area contributed by atoms with Crippen LogP contribution in [0.5, 0.6) is 5.75 Å². The van der Waals surface area contributed by atoms with Crippen molar-refractivity contribution in [2.24, 2.45) is 0 Å². The minimum Gasteiger partial charge on any atom is -0.493 e. The lowest BCUT2D eigenvalue weighted by Gasteiger charge is -2.19. The van der Waals surface area contributed by atoms with Gasteiger partial charge in [0.2, 0.25) is 11.7 Å². The van der Waals surface area contributed by atoms with Crippen LogP contribution in [0.1, 0.15) is 55.7 Å². The number of ether oxygens (including phenoxy) is 1. The van der Waals surface area contributed by atoms with E-state index in [1.165, 1.54) is 12.8 Å². The lowest BCUT2D eigenvalue weighted by molar-refractivity contribution is 0.297. The molecule has 3 rings (SSSR count). The first-order valence-corrected chi connectivity index (χ1v) is 8.50. The molecular weight excluding hydrogens is 290 g/mol. The molecule has 0 saturated carbocycles. The molecule has 0 radical (unpaired) electrons. The normalized spacial score (nSPS) is 18.1. The fourth-order valence-corrected chi connectivity index (χ4v) is 3.07. The largest absolute Gasteiger partial charge is 0.493 e. The molecule has 1 atom stereocenters. The Hall–Kier alpha value is -1.88. The van der Waals surface area contributed by atoms with Crippen molar-refractivity contribution in [2.75, 3.05) is 13.2 Å². The SMILES string of the molecule is CCCOc1c(C)cc(-c2noc(C3CCCCN3)n2)cc1C. The van der Waals surface area contributed by atoms with Gasteiger partial charge < -0.3 is 14.6 Å². The maximum atomic E-state index is 5.83. The number of nitrogens with zero attached hydrogens (tertiary/aromatic N) is 2. The highest BCUT2D eigenvalue weighted by atomic mass is 16.5. The van der Waals surface area contributed by atoms with E-state index >= 15 is 0 Å². The third-order valence-corrected chi connectivity index (χ3v) is 4.22. The maximum absolute atomic E-state index is 5.83. The van der Waals surface area contributed by atoms with Crippen LogP contribution in [0.15, 0.2) is 16.7 Å². The van der Waals surface area contributed by atoms with Gasteiger partial charge >= 0.3 is 0 Å². The average molecular weight is 315 g/mol. The van der Waals surface area contributed by atoms with Gasteiger partial charge in [-0.15, -0.1) is 0 Å². The molecule has 2 heterocycles. The molecule has 5 nitrogen and oxygen atoms in total. The number of rotatable bonds is 5. The van der Waals surface area contributed by atoms with Gasteiger partial charge in [0.1, 0.15) is 5.75 Å². The number of nitrogens with one attached hydrogen (secondary N) is 1. The quantitative estimate of drug-likeness (QED) is 0.905. The highest BCUT2D eigenvalue weighted by Gasteiger charge is 2.21. The highest BCUT2D eigenvalue weighted by molar-refractivity contribution is 5.61. The summed E-state index contributed by atoms with van der Waals surface area (Å²) in [4.78, 5) is 4.60. The summed E-state index contributed by atoms with van der Waals surface area (Å²) < 4.78 is 11.3. The Bertz CT molecular complexity index is 637. The number of hydrogen-bond acceptors (Lipinski definition) is 5. The minimum absolute atomic E-state index is 0.194. The summed E-state index contributed by atoms with van der Waals surface area (Å²) in [7, 11) is 0. The first kappa shape index (κ1) is 16.0. The molecule has 0 aliphatic carbocycles. The minimum atomic E-state index is 0.194. The van der Waals surface area contributed by atoms with Gasteiger partial charge in [-0.05, 0) is 62.9 Å². The van der Waals surface area contributed by atoms with Crippen molar-refractivity contribution in [2.45, 2.75) is 52.5 Å². The van der Waals surface area contributed by atoms with Crippen LogP contribution >= 0.6 is 0 Å². The van der Waals surface area contributed by atoms with E-state index in [2.05, 4.69) is 48.4 Å². The standard InChI is InChI=1S/C18H25N3O2/c1-4-9-22-16-12(2)10-14(11-13(16)3)17-20-18(23-21-17)15-7-5-6-8-19-15/h10-11,15,19H,4-9H2,1-3H3. The van der Waals surface area contributed by atoms with Gasteiger partial charge in [-0.3, -0.25) is 0 Å². The molecule has 1 aromatic carbocycles. The molecule has 1 fully saturated rings. The predicted molar refractivity (Wildman–Crippen MR) is 89.6 cm³/mol. The molecule has 0 bridgehead atoms. The summed E-state index contributed by atoms with van der Waals surface area (Å²) in [5, 5.41) is 7.61. The second-order valence-corrected chi connectivity index (χ2v) is 6.25. The Morgan fingerprint density at radius 2 is 2.04 bits per heavy atom. The van der Waals surface area contributed by atoms with Crippen LogP contribution in [0.25, 0.3) is 11.4 Å². The molecule has 1 aliphatic heterocycles. The molecule has 5 heteroatoms. The van der Waals surface area contributed by atoms with Crippen LogP contribution in [0.3, 0.4) is 0 Å². The van der Waals surface area contributed by atoms with Crippen LogP contribution in [0.4, 0.5) is 0 Å². The topological polar surface area (TPSA) is 60.2 Å². The number of hydrogen-bond donors (Lipinski definition) is 1. The van der Waals surface area contributed by atoms with Gasteiger partial charge in [0.05, 0.1) is 12.6 Å². The number of benzene rings is 1. The van der Waals surface area contributed by atoms with E-state index in [1.54, 1.807) is 0 Å². The van der Waals surface area contributed by atoms with Crippen LogP contribution in [-0.4, -0.2) is 23.3 Å². The molecule has 0 amide bonds. The lowest BCUT2D eigenvalue weighted by Crippen LogP contribution is -2.26. The number of aryl methyl sites for hydroxylation is 2. The number of piperidine rings is 1. The van der Waals surface area contributed by atoms with Crippen molar-refractivity contribution in [3.05, 3.63) is 29.2 Å². The van der Waals surface area contributed by atoms with Gasteiger partial charge in [-0.25, -0.2) is 0 Å². The van der Waals surface area contributed by atoms with Crippen molar-refractivity contribution in [1.82, 2.24) is 15.5 Å². The second kappa shape index (κ2) is 7.13. The summed E-state index contributed by atoms with van der Waals surface area (Å²) in [6.45, 7) is 7.99. The Kier molecular flexibility index (Phi) is 4.96. The van der Waals surface area contributed by atoms with Crippen LogP contribution < -0.4 is 10.1 Å². The fraction of sp³-hybridized carbons (Fsp3) is 0.556. The second-order valence-electron chi connectivity index (χ2n) is 6.25. The zero-order valence-electron chi connectivity index (χ0n) is 14.2. The van der Waals surface area contributed by atoms with Gasteiger partial charge in [0.15, 0.2) is 0 Å². The smallest absolute Gasteiger partial charge is 0.244 e. The van der Waals surface area contributed by atoms with E-state index in [9.17, 15) is 0 Å². The number of aromatic nitrogens is 2. The van der Waals surface area contributed by atoms with E-state index in [-0.39, 0.29) is 6.04 Å². The summed E-state index contributed by atoms with van der Waals surface area (Å²) in [6.07, 6.45) is 4.48. The monoisotopic (exact) mass is 315 g/mol. The van der Waals surface area contributed by atoms with Gasteiger partial charge in [-0.1, -0.05) is 18.5 Å². The van der Waals surface area contributed by atoms with E-state index in [0.29, 0.717) is 11.7 Å². The highest BCUT2D eigenvalue weighted by Crippen LogP contribution is 2.30. The van der Waals surface area contributed by atoms with Gasteiger partial charge in [-0.2, -0.15) is 4.98 Å². The van der Waals surface area contributed by atoms with Crippen molar-refractivity contribution in [3.63, 3.8) is 0 Å². The molecular formula is C18H25N3O2. The van der Waals surface area contributed by atoms with Crippen molar-refractivity contribution < 1.29 is 9.26 Å². The average Bonchev–Trinajstić information content (AvgIpc) is 3.05. The Labute approximate surface area is 137 Å². The Morgan fingerprint density at radius 1 is 1.26 bits per heavy atom. The van der Waals surface area contributed by atoms with E-state index in [0.717, 1.165) is 48.4 Å². The zero-order valence-corrected chi connectivity index (χ0v) is 14.2. The molecule has 0 spiro atoms. The maximum Gasteiger partial charge on any atom is 0.244 e. The lowest BCUT2D eigenvalue weighted by atomic mass is 10.0. The molecule has 1 aliphatic rings. The predicted octanol–water partition coefficient (Wildman–Crippen LogP) is 3.96. The first-order valence-electron chi connectivity index (χ1n) is 8.50. The third kappa shape index (κ3) is 3.55. The molecule has 1 N–H and O–H groups in total. The Morgan fingerprint density at radius 3 is 2.70 bits per heavy atom. The van der Waals surface area contributed by atoms with Crippen LogP contribution in [0.2, 0.25) is 0 Å². The first-order chi connectivity index (χ1) is 11.2. The molecule has 1 unspecified atom stereocenters. The molecule has 23 heavy (non-hydrogen) atoms. The molecule has 2 aromatic rings. The molecule has 124 valence electrons. The van der Waals surface area contributed by atoms with Gasteiger partial charge in [0, 0.05) is 5.56 Å². The van der Waals surface area contributed by atoms with E-state index in [4.69, 9.17) is 9.26 Å².